The van der Waals surface area contributed by atoms with E-state index in [2.05, 4.69) is 25.4 Å². The van der Waals surface area contributed by atoms with Crippen molar-refractivity contribution in [2.24, 2.45) is 10.2 Å². The molecule has 0 bridgehead atoms. The maximum Gasteiger partial charge on any atom is 0.359 e. The summed E-state index contributed by atoms with van der Waals surface area (Å²) in [5.74, 6) is -0.0639. The molecule has 25 heavy (non-hydrogen) atoms. The minimum absolute atomic E-state index is 0.0639. The Kier molecular flexibility index (Phi) is 4.29. The fraction of sp³-hybridized carbons (Fsp3) is 0.500. The van der Waals surface area contributed by atoms with Crippen LogP contribution in [0.1, 0.15) is 38.5 Å². The molecule has 1 aromatic heterocycles. The van der Waals surface area contributed by atoms with E-state index in [1.807, 2.05) is 18.2 Å². The Morgan fingerprint density at radius 1 is 1.20 bits per heavy atom. The van der Waals surface area contributed by atoms with Crippen LogP contribution in [0.25, 0.3) is 10.9 Å². The number of nitrogens with zero attached hydrogens (tertiary/aromatic N) is 3. The van der Waals surface area contributed by atoms with Crippen molar-refractivity contribution in [1.29, 1.82) is 0 Å². The van der Waals surface area contributed by atoms with E-state index in [9.17, 15) is 9.90 Å². The lowest BCUT2D eigenvalue weighted by atomic mass is 10.2. The molecule has 2 amide bonds. The van der Waals surface area contributed by atoms with Crippen LogP contribution in [0.4, 0.5) is 16.2 Å². The first-order chi connectivity index (χ1) is 12.2. The van der Waals surface area contributed by atoms with Crippen molar-refractivity contribution in [3.63, 3.8) is 0 Å². The van der Waals surface area contributed by atoms with Crippen LogP contribution in [-0.4, -0.2) is 35.3 Å². The third kappa shape index (κ3) is 3.31. The van der Waals surface area contributed by atoms with Crippen LogP contribution in [0.3, 0.4) is 0 Å². The van der Waals surface area contributed by atoms with Crippen LogP contribution in [-0.2, 0) is 0 Å². The van der Waals surface area contributed by atoms with Gasteiger partial charge in [-0.3, -0.25) is 0 Å². The lowest BCUT2D eigenvalue weighted by Gasteiger charge is -2.17. The van der Waals surface area contributed by atoms with Crippen molar-refractivity contribution in [1.82, 2.24) is 10.3 Å². The second kappa shape index (κ2) is 6.74. The summed E-state index contributed by atoms with van der Waals surface area (Å²) >= 11 is 0. The van der Waals surface area contributed by atoms with E-state index in [-0.39, 0.29) is 11.9 Å². The number of aromatic amines is 1. The number of hydrogen-bond donors (Lipinski definition) is 3. The summed E-state index contributed by atoms with van der Waals surface area (Å²) in [6.45, 7) is 2.12. The smallest absolute Gasteiger partial charge is 0.359 e. The highest BCUT2D eigenvalue weighted by atomic mass is 16.3. The predicted octanol–water partition coefficient (Wildman–Crippen LogP) is 4.21. The molecule has 0 unspecified atom stereocenters. The largest absolute Gasteiger partial charge is 0.493 e. The van der Waals surface area contributed by atoms with E-state index >= 15 is 0 Å². The van der Waals surface area contributed by atoms with Crippen LogP contribution < -0.4 is 10.2 Å². The first-order valence-corrected chi connectivity index (χ1v) is 9.02. The molecular weight excluding hydrogens is 318 g/mol. The van der Waals surface area contributed by atoms with Gasteiger partial charge in [-0.25, -0.2) is 4.79 Å². The van der Waals surface area contributed by atoms with E-state index in [4.69, 9.17) is 0 Å². The number of hydrogen-bond acceptors (Lipinski definition) is 4. The molecule has 7 nitrogen and oxygen atoms in total. The number of anilines is 1. The van der Waals surface area contributed by atoms with Gasteiger partial charge in [0.1, 0.15) is 0 Å². The average Bonchev–Trinajstić information content (AvgIpc) is 3.33. The number of azo groups is 1. The van der Waals surface area contributed by atoms with Gasteiger partial charge in [0.25, 0.3) is 0 Å². The summed E-state index contributed by atoms with van der Waals surface area (Å²) in [5.41, 5.74) is 2.24. The topological polar surface area (TPSA) is 93.1 Å². The number of nitrogens with one attached hydrogen (secondary N) is 2. The zero-order chi connectivity index (χ0) is 17.2. The Morgan fingerprint density at radius 2 is 1.96 bits per heavy atom. The maximum atomic E-state index is 11.9. The summed E-state index contributed by atoms with van der Waals surface area (Å²) in [6.07, 6.45) is 6.71. The minimum Gasteiger partial charge on any atom is -0.493 e. The van der Waals surface area contributed by atoms with Gasteiger partial charge in [-0.15, -0.1) is 5.11 Å². The van der Waals surface area contributed by atoms with Crippen molar-refractivity contribution in [2.45, 2.75) is 44.6 Å². The molecule has 2 aliphatic rings. The molecule has 7 heteroatoms. The van der Waals surface area contributed by atoms with E-state index in [1.165, 1.54) is 12.8 Å². The molecule has 1 saturated heterocycles. The van der Waals surface area contributed by atoms with Gasteiger partial charge in [0.15, 0.2) is 5.69 Å². The van der Waals surface area contributed by atoms with E-state index in [0.717, 1.165) is 55.4 Å². The van der Waals surface area contributed by atoms with Gasteiger partial charge in [-0.05, 0) is 43.9 Å². The Hall–Kier alpha value is -2.57. The zero-order valence-corrected chi connectivity index (χ0v) is 14.2. The molecule has 0 atom stereocenters. The van der Waals surface area contributed by atoms with Gasteiger partial charge in [-0.2, -0.15) is 0 Å². The number of rotatable bonds is 3. The van der Waals surface area contributed by atoms with Crippen molar-refractivity contribution in [3.05, 3.63) is 18.2 Å². The summed E-state index contributed by atoms with van der Waals surface area (Å²) in [7, 11) is 0. The van der Waals surface area contributed by atoms with E-state index in [0.29, 0.717) is 5.69 Å². The van der Waals surface area contributed by atoms with Crippen LogP contribution in [0, 0.1) is 0 Å². The fourth-order valence-electron chi connectivity index (χ4n) is 3.80. The second-order valence-corrected chi connectivity index (χ2v) is 6.88. The van der Waals surface area contributed by atoms with Gasteiger partial charge >= 0.3 is 6.03 Å². The number of urea groups is 1. The average molecular weight is 341 g/mol. The highest BCUT2D eigenvalue weighted by Crippen LogP contribution is 2.37. The number of amides is 2. The SMILES string of the molecule is O=C(N=Nc1c(O)[nH]c2cc(N3CCCC3)ccc12)NC1CCCC1. The molecule has 4 rings (SSSR count). The summed E-state index contributed by atoms with van der Waals surface area (Å²) in [4.78, 5) is 17.2. The maximum absolute atomic E-state index is 11.9. The molecule has 2 heterocycles. The van der Waals surface area contributed by atoms with Gasteiger partial charge in [0.05, 0.1) is 5.52 Å². The molecule has 3 N–H and O–H groups in total. The van der Waals surface area contributed by atoms with Gasteiger partial charge < -0.3 is 20.3 Å². The van der Waals surface area contributed by atoms with Crippen molar-refractivity contribution in [2.75, 3.05) is 18.0 Å². The highest BCUT2D eigenvalue weighted by molar-refractivity contribution is 5.96. The number of carbonyl (C=O) groups is 1. The number of aromatic nitrogens is 1. The number of benzene rings is 1. The first-order valence-electron chi connectivity index (χ1n) is 9.02. The molecule has 1 aromatic carbocycles. The normalized spacial score (nSPS) is 18.6. The molecule has 2 fully saturated rings. The number of carbonyl (C=O) groups excluding carboxylic acids is 1. The third-order valence-corrected chi connectivity index (χ3v) is 5.13. The molecule has 1 aliphatic heterocycles. The van der Waals surface area contributed by atoms with Crippen LogP contribution in [0.15, 0.2) is 28.4 Å². The van der Waals surface area contributed by atoms with Crippen LogP contribution in [0.2, 0.25) is 0 Å². The molecule has 2 aromatic rings. The predicted molar refractivity (Wildman–Crippen MR) is 96.7 cm³/mol. The quantitative estimate of drug-likeness (QED) is 0.730. The number of fused-ring (bicyclic) bond motifs is 1. The van der Waals surface area contributed by atoms with Gasteiger partial charge in [0, 0.05) is 30.2 Å². The van der Waals surface area contributed by atoms with E-state index < -0.39 is 6.03 Å². The summed E-state index contributed by atoms with van der Waals surface area (Å²) in [5, 5.41) is 21.5. The Bertz CT molecular complexity index is 801. The Balaban J connectivity index is 1.53. The van der Waals surface area contributed by atoms with Gasteiger partial charge in [-0.1, -0.05) is 18.0 Å². The van der Waals surface area contributed by atoms with Crippen LogP contribution >= 0.6 is 0 Å². The lowest BCUT2D eigenvalue weighted by molar-refractivity contribution is 0.244. The van der Waals surface area contributed by atoms with Crippen LogP contribution in [0.5, 0.6) is 5.88 Å². The number of aromatic hydroxyl groups is 1. The first kappa shape index (κ1) is 15.9. The van der Waals surface area contributed by atoms with Gasteiger partial charge in [0.2, 0.25) is 5.88 Å². The van der Waals surface area contributed by atoms with Crippen molar-refractivity contribution >= 4 is 28.3 Å². The second-order valence-electron chi connectivity index (χ2n) is 6.88. The number of H-pyrrole nitrogens is 1. The molecule has 0 spiro atoms. The molecule has 1 saturated carbocycles. The van der Waals surface area contributed by atoms with Crippen molar-refractivity contribution in [3.8, 4) is 5.88 Å². The molecule has 132 valence electrons. The molecule has 1 aliphatic carbocycles. The zero-order valence-electron chi connectivity index (χ0n) is 14.2. The molecule has 0 radical (unpaired) electrons. The fourth-order valence-corrected chi connectivity index (χ4v) is 3.80. The monoisotopic (exact) mass is 341 g/mol. The lowest BCUT2D eigenvalue weighted by Crippen LogP contribution is -2.29. The minimum atomic E-state index is -0.450. The molecular formula is C18H23N5O2. The summed E-state index contributed by atoms with van der Waals surface area (Å²) < 4.78 is 0. The Morgan fingerprint density at radius 3 is 2.72 bits per heavy atom. The highest BCUT2D eigenvalue weighted by Gasteiger charge is 2.18. The van der Waals surface area contributed by atoms with E-state index in [1.54, 1.807) is 0 Å². The Labute approximate surface area is 146 Å². The van der Waals surface area contributed by atoms with Crippen molar-refractivity contribution < 1.29 is 9.90 Å². The standard InChI is InChI=1S/C18H23N5O2/c24-17-16(21-22-18(25)19-12-5-1-2-6-12)14-8-7-13(11-15(14)20-17)23-9-3-4-10-23/h7-8,11-12,20,24H,1-6,9-10H2,(H,19,25). The third-order valence-electron chi connectivity index (χ3n) is 5.13. The summed E-state index contributed by atoms with van der Waals surface area (Å²) in [6, 6.07) is 5.71.